The van der Waals surface area contributed by atoms with Gasteiger partial charge in [0.25, 0.3) is 0 Å². The lowest BCUT2D eigenvalue weighted by atomic mass is 10.2. The topological polar surface area (TPSA) is 56.3 Å². The minimum Gasteiger partial charge on any atom is -0.340 e. The number of fused-ring (bicyclic) bond motifs is 3. The van der Waals surface area contributed by atoms with Gasteiger partial charge in [0.1, 0.15) is 0 Å². The molecule has 1 heterocycles. The lowest BCUT2D eigenvalue weighted by Gasteiger charge is -2.23. The molecule has 1 aromatic heterocycles. The summed E-state index contributed by atoms with van der Waals surface area (Å²) < 4.78 is 2.53. The van der Waals surface area contributed by atoms with Crippen LogP contribution in [-0.4, -0.2) is 81.5 Å². The van der Waals surface area contributed by atoms with Crippen LogP contribution in [0.5, 0.6) is 0 Å². The zero-order valence-electron chi connectivity index (χ0n) is 24.9. The summed E-state index contributed by atoms with van der Waals surface area (Å²) in [5.41, 5.74) is 2.73. The van der Waals surface area contributed by atoms with E-state index >= 15 is 0 Å². The molecule has 4 N–H and O–H groups in total. The molecular weight excluding hydrogens is 480 g/mol. The van der Waals surface area contributed by atoms with Crippen molar-refractivity contribution in [3.63, 3.8) is 0 Å². The van der Waals surface area contributed by atoms with Crippen molar-refractivity contribution >= 4 is 21.8 Å². The van der Waals surface area contributed by atoms with Gasteiger partial charge in [-0.2, -0.15) is 0 Å². The molecule has 0 saturated heterocycles. The zero-order chi connectivity index (χ0) is 27.4. The summed E-state index contributed by atoms with van der Waals surface area (Å²) >= 11 is 0. The molecule has 0 bridgehead atoms. The van der Waals surface area contributed by atoms with Crippen molar-refractivity contribution in [2.75, 3.05) is 72.0 Å². The number of rotatable bonds is 24. The van der Waals surface area contributed by atoms with Gasteiger partial charge in [-0.1, -0.05) is 50.2 Å². The number of unbranched alkanes of at least 4 members (excludes halogenated alkanes) is 2. The van der Waals surface area contributed by atoms with Crippen molar-refractivity contribution in [1.82, 2.24) is 30.7 Å². The van der Waals surface area contributed by atoms with E-state index in [1.165, 1.54) is 79.8 Å². The minimum absolute atomic E-state index is 1.07. The highest BCUT2D eigenvalue weighted by atomic mass is 15.1. The molecule has 0 spiro atoms. The molecule has 0 amide bonds. The molecular formula is C33H56N6. The number of hydrogen-bond donors (Lipinski definition) is 4. The zero-order valence-corrected chi connectivity index (χ0v) is 24.9. The van der Waals surface area contributed by atoms with Gasteiger partial charge in [-0.15, -0.1) is 0 Å². The Balaban J connectivity index is 1.43. The quantitative estimate of drug-likeness (QED) is 0.118. The Morgan fingerprint density at radius 2 is 0.923 bits per heavy atom. The fraction of sp³-hybridized carbons (Fsp3) is 0.636. The van der Waals surface area contributed by atoms with Crippen LogP contribution in [0.4, 0.5) is 0 Å². The summed E-state index contributed by atoms with van der Waals surface area (Å²) in [6.07, 6.45) is 8.67. The summed E-state index contributed by atoms with van der Waals surface area (Å²) in [7, 11) is 0. The molecule has 3 aromatic rings. The molecule has 6 heteroatoms. The predicted molar refractivity (Wildman–Crippen MR) is 171 cm³/mol. The molecule has 6 nitrogen and oxygen atoms in total. The van der Waals surface area contributed by atoms with Crippen molar-refractivity contribution in [2.24, 2.45) is 0 Å². The fourth-order valence-electron chi connectivity index (χ4n) is 5.49. The SMILES string of the molecule is CCNCCCCNCCCN(CCCNCCCCNCC)CCCn1c2ccccc2c2ccccc21. The molecule has 2 aromatic carbocycles. The molecule has 0 atom stereocenters. The van der Waals surface area contributed by atoms with Gasteiger partial charge < -0.3 is 30.7 Å². The highest BCUT2D eigenvalue weighted by Crippen LogP contribution is 2.28. The van der Waals surface area contributed by atoms with Gasteiger partial charge in [0, 0.05) is 28.4 Å². The molecule has 0 aliphatic heterocycles. The Morgan fingerprint density at radius 1 is 0.513 bits per heavy atom. The van der Waals surface area contributed by atoms with Gasteiger partial charge in [0.05, 0.1) is 0 Å². The highest BCUT2D eigenvalue weighted by molar-refractivity contribution is 6.07. The highest BCUT2D eigenvalue weighted by Gasteiger charge is 2.10. The Kier molecular flexibility index (Phi) is 16.2. The first-order valence-electron chi connectivity index (χ1n) is 15.9. The summed E-state index contributed by atoms with van der Waals surface area (Å²) in [5.74, 6) is 0. The van der Waals surface area contributed by atoms with Crippen molar-refractivity contribution in [2.45, 2.75) is 65.3 Å². The minimum atomic E-state index is 1.07. The second kappa shape index (κ2) is 20.0. The summed E-state index contributed by atoms with van der Waals surface area (Å²) in [6, 6.07) is 17.7. The van der Waals surface area contributed by atoms with Crippen LogP contribution in [0.25, 0.3) is 21.8 Å². The van der Waals surface area contributed by atoms with Gasteiger partial charge in [-0.3, -0.25) is 0 Å². The standard InChI is InChI=1S/C33H56N6/c1-3-34-20-9-11-22-36-24-13-26-38(27-14-25-37-23-12-10-21-35-4-2)28-15-29-39-32-18-7-5-16-30(32)31-17-6-8-19-33(31)39/h5-8,16-19,34-37H,3-4,9-15,20-29H2,1-2H3. The maximum Gasteiger partial charge on any atom is 0.0491 e. The third kappa shape index (κ3) is 11.6. The molecule has 0 saturated carbocycles. The second-order valence-electron chi connectivity index (χ2n) is 10.7. The number of hydrogen-bond acceptors (Lipinski definition) is 5. The molecule has 0 radical (unpaired) electrons. The average Bonchev–Trinajstić information content (AvgIpc) is 3.28. The second-order valence-corrected chi connectivity index (χ2v) is 10.7. The van der Waals surface area contributed by atoms with Gasteiger partial charge in [-0.05, 0) is 129 Å². The van der Waals surface area contributed by atoms with Gasteiger partial charge >= 0.3 is 0 Å². The van der Waals surface area contributed by atoms with Crippen molar-refractivity contribution in [1.29, 1.82) is 0 Å². The van der Waals surface area contributed by atoms with Crippen LogP contribution < -0.4 is 21.3 Å². The summed E-state index contributed by atoms with van der Waals surface area (Å²) in [6.45, 7) is 17.9. The van der Waals surface area contributed by atoms with Gasteiger partial charge in [0.15, 0.2) is 0 Å². The van der Waals surface area contributed by atoms with E-state index in [2.05, 4.69) is 93.1 Å². The summed E-state index contributed by atoms with van der Waals surface area (Å²) in [5, 5.41) is 16.9. The van der Waals surface area contributed by atoms with Crippen molar-refractivity contribution < 1.29 is 0 Å². The summed E-state index contributed by atoms with van der Waals surface area (Å²) in [4.78, 5) is 2.70. The third-order valence-corrected chi connectivity index (χ3v) is 7.61. The lowest BCUT2D eigenvalue weighted by molar-refractivity contribution is 0.257. The van der Waals surface area contributed by atoms with E-state index in [4.69, 9.17) is 0 Å². The maximum absolute atomic E-state index is 3.67. The lowest BCUT2D eigenvalue weighted by Crippen LogP contribution is -2.32. The number of nitrogens with one attached hydrogen (secondary N) is 4. The number of benzene rings is 2. The van der Waals surface area contributed by atoms with E-state index in [0.717, 1.165) is 65.4 Å². The van der Waals surface area contributed by atoms with Crippen LogP contribution in [0.2, 0.25) is 0 Å². The van der Waals surface area contributed by atoms with Crippen LogP contribution in [0.3, 0.4) is 0 Å². The Morgan fingerprint density at radius 3 is 1.41 bits per heavy atom. The smallest absolute Gasteiger partial charge is 0.0491 e. The van der Waals surface area contributed by atoms with E-state index in [9.17, 15) is 0 Å². The van der Waals surface area contributed by atoms with Crippen LogP contribution in [0.1, 0.15) is 58.8 Å². The van der Waals surface area contributed by atoms with Crippen molar-refractivity contribution in [3.8, 4) is 0 Å². The van der Waals surface area contributed by atoms with Crippen LogP contribution in [0, 0.1) is 0 Å². The van der Waals surface area contributed by atoms with E-state index in [0.29, 0.717) is 0 Å². The van der Waals surface area contributed by atoms with Crippen molar-refractivity contribution in [3.05, 3.63) is 48.5 Å². The molecule has 0 aliphatic rings. The molecule has 0 unspecified atom stereocenters. The largest absolute Gasteiger partial charge is 0.340 e. The van der Waals surface area contributed by atoms with E-state index in [1.54, 1.807) is 0 Å². The number of para-hydroxylation sites is 2. The number of aryl methyl sites for hydroxylation is 1. The third-order valence-electron chi connectivity index (χ3n) is 7.61. The number of nitrogens with zero attached hydrogens (tertiary/aromatic N) is 2. The molecule has 39 heavy (non-hydrogen) atoms. The van der Waals surface area contributed by atoms with Crippen LogP contribution >= 0.6 is 0 Å². The van der Waals surface area contributed by atoms with E-state index < -0.39 is 0 Å². The Bertz CT molecular complexity index is 941. The molecule has 0 aliphatic carbocycles. The Hall–Kier alpha value is -1.96. The van der Waals surface area contributed by atoms with Crippen LogP contribution in [-0.2, 0) is 6.54 Å². The molecule has 0 fully saturated rings. The number of aromatic nitrogens is 1. The molecule has 218 valence electrons. The monoisotopic (exact) mass is 536 g/mol. The van der Waals surface area contributed by atoms with Crippen LogP contribution in [0.15, 0.2) is 48.5 Å². The average molecular weight is 537 g/mol. The van der Waals surface area contributed by atoms with E-state index in [-0.39, 0.29) is 0 Å². The molecule has 3 rings (SSSR count). The predicted octanol–water partition coefficient (Wildman–Crippen LogP) is 5.23. The Labute approximate surface area is 238 Å². The first-order valence-corrected chi connectivity index (χ1v) is 15.9. The van der Waals surface area contributed by atoms with E-state index in [1.807, 2.05) is 0 Å². The fourth-order valence-corrected chi connectivity index (χ4v) is 5.49. The van der Waals surface area contributed by atoms with Gasteiger partial charge in [0.2, 0.25) is 0 Å². The van der Waals surface area contributed by atoms with Gasteiger partial charge in [-0.25, -0.2) is 0 Å². The normalized spacial score (nSPS) is 11.9. The first kappa shape index (κ1) is 31.6. The first-order chi connectivity index (χ1) is 19.3. The maximum atomic E-state index is 3.67.